The van der Waals surface area contributed by atoms with Gasteiger partial charge in [0, 0.05) is 10.6 Å². The summed E-state index contributed by atoms with van der Waals surface area (Å²) in [4.78, 5) is 1.02. The Hall–Kier alpha value is -0.550. The van der Waals surface area contributed by atoms with E-state index in [4.69, 9.17) is 10.2 Å². The zero-order chi connectivity index (χ0) is 11.3. The van der Waals surface area contributed by atoms with Crippen LogP contribution in [-0.4, -0.2) is 33.8 Å². The first kappa shape index (κ1) is 12.5. The summed E-state index contributed by atoms with van der Waals surface area (Å²) in [5.74, 6) is 0.477. The molecule has 0 heterocycles. The minimum absolute atomic E-state index is 0.210. The molecule has 84 valence electrons. The lowest BCUT2D eigenvalue weighted by molar-refractivity contribution is 0.113. The molecule has 0 aliphatic heterocycles. The van der Waals surface area contributed by atoms with Gasteiger partial charge in [-0.25, -0.2) is 0 Å². The summed E-state index contributed by atoms with van der Waals surface area (Å²) < 4.78 is 0. The molecule has 1 aromatic carbocycles. The average molecular weight is 228 g/mol. The molecular weight excluding hydrogens is 212 g/mol. The first-order chi connectivity index (χ1) is 7.13. The van der Waals surface area contributed by atoms with Crippen LogP contribution in [0.2, 0.25) is 0 Å². The number of hydrogen-bond acceptors (Lipinski definition) is 4. The van der Waals surface area contributed by atoms with E-state index in [1.807, 2.05) is 24.3 Å². The second-order valence-corrected chi connectivity index (χ2v) is 4.49. The highest BCUT2D eigenvalue weighted by Crippen LogP contribution is 2.21. The van der Waals surface area contributed by atoms with Gasteiger partial charge in [-0.2, -0.15) is 0 Å². The maximum absolute atomic E-state index is 9.29. The van der Waals surface area contributed by atoms with Crippen LogP contribution in [0.25, 0.3) is 0 Å². The summed E-state index contributed by atoms with van der Waals surface area (Å²) in [5, 5.41) is 27.1. The van der Waals surface area contributed by atoms with Gasteiger partial charge in [-0.1, -0.05) is 12.1 Å². The molecule has 0 aliphatic rings. The molecule has 0 bridgehead atoms. The Kier molecular flexibility index (Phi) is 5.11. The zero-order valence-electron chi connectivity index (χ0n) is 8.63. The van der Waals surface area contributed by atoms with E-state index in [2.05, 4.69) is 0 Å². The van der Waals surface area contributed by atoms with Gasteiger partial charge in [-0.3, -0.25) is 0 Å². The Labute approximate surface area is 93.8 Å². The average Bonchev–Trinajstić information content (AvgIpc) is 2.26. The number of rotatable bonds is 5. The van der Waals surface area contributed by atoms with Crippen molar-refractivity contribution in [2.45, 2.75) is 24.0 Å². The van der Waals surface area contributed by atoms with E-state index in [1.165, 1.54) is 11.8 Å². The molecule has 4 heteroatoms. The molecule has 0 fully saturated rings. The van der Waals surface area contributed by atoms with Crippen LogP contribution in [0.5, 0.6) is 0 Å². The van der Waals surface area contributed by atoms with E-state index >= 15 is 0 Å². The zero-order valence-corrected chi connectivity index (χ0v) is 9.44. The summed E-state index contributed by atoms with van der Waals surface area (Å²) in [6.07, 6.45) is -1.13. The van der Waals surface area contributed by atoms with Gasteiger partial charge in [-0.05, 0) is 24.6 Å². The second-order valence-electron chi connectivity index (χ2n) is 3.39. The highest BCUT2D eigenvalue weighted by molar-refractivity contribution is 7.99. The van der Waals surface area contributed by atoms with Crippen molar-refractivity contribution in [1.29, 1.82) is 0 Å². The fraction of sp³-hybridized carbons (Fsp3) is 0.455. The number of thioether (sulfide) groups is 1. The molecule has 2 unspecified atom stereocenters. The predicted molar refractivity (Wildman–Crippen MR) is 60.9 cm³/mol. The third-order valence-electron chi connectivity index (χ3n) is 2.02. The highest BCUT2D eigenvalue weighted by Gasteiger charge is 2.04. The Bertz CT molecular complexity index is 284. The number of hydrogen-bond donors (Lipinski definition) is 3. The minimum Gasteiger partial charge on any atom is -0.394 e. The van der Waals surface area contributed by atoms with Crippen molar-refractivity contribution in [2.24, 2.45) is 0 Å². The number of aliphatic hydroxyl groups is 3. The largest absolute Gasteiger partial charge is 0.394 e. The SMILES string of the molecule is CC(O)c1ccc(SCC(O)CO)cc1. The lowest BCUT2D eigenvalue weighted by Crippen LogP contribution is -2.14. The van der Waals surface area contributed by atoms with Gasteiger partial charge in [0.2, 0.25) is 0 Å². The molecule has 15 heavy (non-hydrogen) atoms. The van der Waals surface area contributed by atoms with Crippen molar-refractivity contribution in [1.82, 2.24) is 0 Å². The quantitative estimate of drug-likeness (QED) is 0.662. The molecule has 0 saturated heterocycles. The molecule has 2 atom stereocenters. The van der Waals surface area contributed by atoms with Crippen LogP contribution in [0.4, 0.5) is 0 Å². The highest BCUT2D eigenvalue weighted by atomic mass is 32.2. The molecule has 0 spiro atoms. The minimum atomic E-state index is -0.675. The van der Waals surface area contributed by atoms with Gasteiger partial charge in [0.1, 0.15) is 0 Å². The first-order valence-corrected chi connectivity index (χ1v) is 5.81. The molecule has 0 aliphatic carbocycles. The molecule has 3 nitrogen and oxygen atoms in total. The fourth-order valence-corrected chi connectivity index (χ4v) is 1.91. The second kappa shape index (κ2) is 6.12. The third kappa shape index (κ3) is 4.22. The van der Waals surface area contributed by atoms with Crippen LogP contribution in [-0.2, 0) is 0 Å². The van der Waals surface area contributed by atoms with Gasteiger partial charge >= 0.3 is 0 Å². The maximum atomic E-state index is 9.29. The smallest absolute Gasteiger partial charge is 0.0864 e. The van der Waals surface area contributed by atoms with Crippen molar-refractivity contribution in [3.05, 3.63) is 29.8 Å². The van der Waals surface area contributed by atoms with Crippen molar-refractivity contribution in [3.63, 3.8) is 0 Å². The van der Waals surface area contributed by atoms with Crippen LogP contribution in [0, 0.1) is 0 Å². The first-order valence-electron chi connectivity index (χ1n) is 4.83. The van der Waals surface area contributed by atoms with E-state index in [1.54, 1.807) is 6.92 Å². The molecule has 0 saturated carbocycles. The number of aliphatic hydroxyl groups excluding tert-OH is 3. The van der Waals surface area contributed by atoms with E-state index < -0.39 is 12.2 Å². The number of benzene rings is 1. The fourth-order valence-electron chi connectivity index (χ4n) is 1.09. The molecule has 0 amide bonds. The van der Waals surface area contributed by atoms with Gasteiger partial charge in [0.25, 0.3) is 0 Å². The summed E-state index contributed by atoms with van der Waals surface area (Å²) in [5.41, 5.74) is 0.877. The van der Waals surface area contributed by atoms with Crippen molar-refractivity contribution < 1.29 is 15.3 Å². The Morgan fingerprint density at radius 1 is 1.20 bits per heavy atom. The molecule has 0 radical (unpaired) electrons. The van der Waals surface area contributed by atoms with Crippen LogP contribution in [0.15, 0.2) is 29.2 Å². The summed E-state index contributed by atoms with van der Waals surface area (Å²) in [7, 11) is 0. The van der Waals surface area contributed by atoms with Gasteiger partial charge < -0.3 is 15.3 Å². The van der Waals surface area contributed by atoms with Crippen LogP contribution < -0.4 is 0 Å². The standard InChI is InChI=1S/C11H16O3S/c1-8(13)9-2-4-11(5-3-9)15-7-10(14)6-12/h2-5,8,10,12-14H,6-7H2,1H3. The monoisotopic (exact) mass is 228 g/mol. The van der Waals surface area contributed by atoms with E-state index in [9.17, 15) is 5.11 Å². The molecular formula is C11H16O3S. The maximum Gasteiger partial charge on any atom is 0.0864 e. The Morgan fingerprint density at radius 2 is 1.80 bits per heavy atom. The van der Waals surface area contributed by atoms with Gasteiger partial charge in [-0.15, -0.1) is 11.8 Å². The van der Waals surface area contributed by atoms with Gasteiger partial charge in [0.15, 0.2) is 0 Å². The van der Waals surface area contributed by atoms with E-state index in [-0.39, 0.29) is 6.61 Å². The molecule has 1 rings (SSSR count). The summed E-state index contributed by atoms with van der Waals surface area (Å²) >= 11 is 1.48. The summed E-state index contributed by atoms with van der Waals surface area (Å²) in [6.45, 7) is 1.51. The van der Waals surface area contributed by atoms with Crippen LogP contribution >= 0.6 is 11.8 Å². The normalized spacial score (nSPS) is 14.9. The summed E-state index contributed by atoms with van der Waals surface area (Å²) in [6, 6.07) is 7.52. The van der Waals surface area contributed by atoms with E-state index in [0.717, 1.165) is 10.5 Å². The van der Waals surface area contributed by atoms with Crippen molar-refractivity contribution in [2.75, 3.05) is 12.4 Å². The molecule has 0 aromatic heterocycles. The van der Waals surface area contributed by atoms with Crippen LogP contribution in [0.1, 0.15) is 18.6 Å². The lowest BCUT2D eigenvalue weighted by Gasteiger charge is -2.08. The van der Waals surface area contributed by atoms with Crippen molar-refractivity contribution in [3.8, 4) is 0 Å². The third-order valence-corrected chi connectivity index (χ3v) is 3.17. The molecule has 3 N–H and O–H groups in total. The van der Waals surface area contributed by atoms with Crippen LogP contribution in [0.3, 0.4) is 0 Å². The van der Waals surface area contributed by atoms with Crippen molar-refractivity contribution >= 4 is 11.8 Å². The Balaban J connectivity index is 2.50. The lowest BCUT2D eigenvalue weighted by atomic mass is 10.1. The van der Waals surface area contributed by atoms with E-state index in [0.29, 0.717) is 5.75 Å². The molecule has 1 aromatic rings. The Morgan fingerprint density at radius 3 is 2.27 bits per heavy atom. The van der Waals surface area contributed by atoms with Gasteiger partial charge in [0.05, 0.1) is 18.8 Å². The predicted octanol–water partition coefficient (Wildman–Crippen LogP) is 1.19. The topological polar surface area (TPSA) is 60.7 Å².